The molecule has 1 aromatic heterocycles. The highest BCUT2D eigenvalue weighted by molar-refractivity contribution is 5.88. The second-order valence-electron chi connectivity index (χ2n) is 10.3. The van der Waals surface area contributed by atoms with Crippen LogP contribution < -0.4 is 10.2 Å². The molecule has 0 bridgehead atoms. The van der Waals surface area contributed by atoms with Crippen LogP contribution in [0.1, 0.15) is 41.2 Å². The largest absolute Gasteiger partial charge is 0.416 e. The van der Waals surface area contributed by atoms with Gasteiger partial charge in [-0.05, 0) is 90.9 Å². The van der Waals surface area contributed by atoms with Gasteiger partial charge in [0.25, 0.3) is 0 Å². The molecule has 43 heavy (non-hydrogen) atoms. The average molecular weight is 616 g/mol. The van der Waals surface area contributed by atoms with E-state index in [1.807, 2.05) is 0 Å². The van der Waals surface area contributed by atoms with E-state index in [1.54, 1.807) is 17.9 Å². The van der Waals surface area contributed by atoms with Crippen LogP contribution in [0.25, 0.3) is 11.1 Å². The summed E-state index contributed by atoms with van der Waals surface area (Å²) in [4.78, 5) is 19.4. The SMILES string of the molecule is CNC(=O)C(C)(Cc1cnc(N(CCO)CCCO)cc1-c1ccc(F)cc1C)c1cc(C(F)(F)F)cc(C(F)(F)F)c1. The summed E-state index contributed by atoms with van der Waals surface area (Å²) in [6.45, 7) is 2.95. The maximum Gasteiger partial charge on any atom is 0.416 e. The van der Waals surface area contributed by atoms with Gasteiger partial charge in [0.2, 0.25) is 5.91 Å². The lowest BCUT2D eigenvalue weighted by atomic mass is 9.74. The third-order valence-electron chi connectivity index (χ3n) is 7.23. The summed E-state index contributed by atoms with van der Waals surface area (Å²) in [6, 6.07) is 6.60. The Morgan fingerprint density at radius 1 is 0.884 bits per heavy atom. The van der Waals surface area contributed by atoms with Crippen molar-refractivity contribution in [3.63, 3.8) is 0 Å². The predicted molar refractivity (Wildman–Crippen MR) is 147 cm³/mol. The topological polar surface area (TPSA) is 85.7 Å². The third-order valence-corrected chi connectivity index (χ3v) is 7.23. The van der Waals surface area contributed by atoms with E-state index in [1.165, 1.54) is 38.4 Å². The van der Waals surface area contributed by atoms with Crippen molar-refractivity contribution in [1.82, 2.24) is 10.3 Å². The molecular formula is C30H32F7N3O3. The molecule has 0 fully saturated rings. The van der Waals surface area contributed by atoms with Crippen LogP contribution in [0.15, 0.2) is 48.7 Å². The standard InChI is InChI=1S/C30H32F7N3O3/c1-18-11-23(31)5-6-24(18)25-15-26(40(8-10-42)7-4-9-41)39-17-19(25)16-28(2,27(43)38-3)20-12-21(29(32,33)34)14-22(13-20)30(35,36)37/h5-6,11-15,17,41-42H,4,7-10,16H2,1-3H3,(H,38,43). The van der Waals surface area contributed by atoms with Crippen LogP contribution in [-0.4, -0.2) is 54.5 Å². The fourth-order valence-electron chi connectivity index (χ4n) is 4.93. The molecule has 3 rings (SSSR count). The van der Waals surface area contributed by atoms with E-state index in [4.69, 9.17) is 0 Å². The van der Waals surface area contributed by atoms with Crippen LogP contribution in [0.2, 0.25) is 0 Å². The Morgan fingerprint density at radius 2 is 1.49 bits per heavy atom. The molecule has 234 valence electrons. The first-order valence-electron chi connectivity index (χ1n) is 13.3. The van der Waals surface area contributed by atoms with Gasteiger partial charge in [-0.3, -0.25) is 4.79 Å². The van der Waals surface area contributed by atoms with Gasteiger partial charge >= 0.3 is 12.4 Å². The minimum absolute atomic E-state index is 0.000444. The number of halogens is 7. The summed E-state index contributed by atoms with van der Waals surface area (Å²) in [5.74, 6) is -1.01. The quantitative estimate of drug-likeness (QED) is 0.243. The number of aryl methyl sites for hydroxylation is 1. The van der Waals surface area contributed by atoms with Gasteiger partial charge in [0, 0.05) is 32.9 Å². The average Bonchev–Trinajstić information content (AvgIpc) is 2.94. The highest BCUT2D eigenvalue weighted by atomic mass is 19.4. The number of amides is 1. The third kappa shape index (κ3) is 7.82. The fourth-order valence-corrected chi connectivity index (χ4v) is 4.93. The molecule has 0 aliphatic heterocycles. The predicted octanol–water partition coefficient (Wildman–Crippen LogP) is 5.66. The number of rotatable bonds is 11. The number of hydrogen-bond donors (Lipinski definition) is 3. The summed E-state index contributed by atoms with van der Waals surface area (Å²) < 4.78 is 96.3. The molecule has 3 aromatic rings. The molecule has 1 heterocycles. The van der Waals surface area contributed by atoms with Crippen LogP contribution in [0.5, 0.6) is 0 Å². The van der Waals surface area contributed by atoms with E-state index in [0.29, 0.717) is 53.2 Å². The zero-order chi connectivity index (χ0) is 32.2. The van der Waals surface area contributed by atoms with Crippen LogP contribution in [0.3, 0.4) is 0 Å². The summed E-state index contributed by atoms with van der Waals surface area (Å²) in [7, 11) is 1.22. The van der Waals surface area contributed by atoms with Gasteiger partial charge in [0.1, 0.15) is 11.6 Å². The van der Waals surface area contributed by atoms with Gasteiger partial charge < -0.3 is 20.4 Å². The highest BCUT2D eigenvalue weighted by Gasteiger charge is 2.42. The number of carbonyl (C=O) groups excluding carboxylic acids is 1. The van der Waals surface area contributed by atoms with Crippen molar-refractivity contribution in [3.8, 4) is 11.1 Å². The first-order valence-corrected chi connectivity index (χ1v) is 13.3. The number of likely N-dealkylation sites (N-methyl/N-ethyl adjacent to an activating group) is 1. The number of aromatic nitrogens is 1. The zero-order valence-corrected chi connectivity index (χ0v) is 23.7. The molecular weight excluding hydrogens is 583 g/mol. The first kappa shape index (κ1) is 33.8. The Balaban J connectivity index is 2.29. The summed E-state index contributed by atoms with van der Waals surface area (Å²) in [6.07, 6.45) is -8.91. The van der Waals surface area contributed by atoms with E-state index in [9.17, 15) is 45.7 Å². The summed E-state index contributed by atoms with van der Waals surface area (Å²) in [5.41, 5.74) is -3.89. The minimum atomic E-state index is -5.12. The van der Waals surface area contributed by atoms with Crippen molar-refractivity contribution >= 4 is 11.7 Å². The van der Waals surface area contributed by atoms with Crippen molar-refractivity contribution in [1.29, 1.82) is 0 Å². The molecule has 6 nitrogen and oxygen atoms in total. The molecule has 0 aliphatic rings. The second kappa shape index (κ2) is 13.3. The molecule has 1 atom stereocenters. The van der Waals surface area contributed by atoms with Crippen molar-refractivity contribution in [2.75, 3.05) is 38.3 Å². The van der Waals surface area contributed by atoms with E-state index >= 15 is 0 Å². The smallest absolute Gasteiger partial charge is 0.396 e. The maximum absolute atomic E-state index is 14.0. The number of pyridine rings is 1. The Labute approximate surface area is 244 Å². The summed E-state index contributed by atoms with van der Waals surface area (Å²) in [5, 5.41) is 21.2. The lowest BCUT2D eigenvalue weighted by Crippen LogP contribution is -2.43. The normalized spacial score (nSPS) is 13.5. The fraction of sp³-hybridized carbons (Fsp3) is 0.400. The molecule has 2 aromatic carbocycles. The number of benzene rings is 2. The Hall–Kier alpha value is -3.71. The number of anilines is 1. The molecule has 0 saturated carbocycles. The Kier molecular flexibility index (Phi) is 10.4. The zero-order valence-electron chi connectivity index (χ0n) is 23.7. The van der Waals surface area contributed by atoms with E-state index in [-0.39, 0.29) is 32.2 Å². The first-order chi connectivity index (χ1) is 20.0. The van der Waals surface area contributed by atoms with Crippen molar-refractivity contribution in [2.45, 2.75) is 44.5 Å². The molecule has 13 heteroatoms. The summed E-state index contributed by atoms with van der Waals surface area (Å²) >= 11 is 0. The lowest BCUT2D eigenvalue weighted by molar-refractivity contribution is -0.143. The number of aliphatic hydroxyl groups is 2. The number of carbonyl (C=O) groups is 1. The molecule has 0 saturated heterocycles. The number of alkyl halides is 6. The van der Waals surface area contributed by atoms with Crippen molar-refractivity contribution in [3.05, 3.63) is 82.3 Å². The van der Waals surface area contributed by atoms with Crippen LogP contribution in [0.4, 0.5) is 36.6 Å². The van der Waals surface area contributed by atoms with E-state index < -0.39 is 46.2 Å². The molecule has 0 aliphatic carbocycles. The number of hydrogen-bond acceptors (Lipinski definition) is 5. The van der Waals surface area contributed by atoms with Gasteiger partial charge in [-0.1, -0.05) is 6.07 Å². The van der Waals surface area contributed by atoms with Gasteiger partial charge in [0.15, 0.2) is 0 Å². The van der Waals surface area contributed by atoms with Crippen molar-refractivity contribution < 1.29 is 45.7 Å². The van der Waals surface area contributed by atoms with E-state index in [0.717, 1.165) is 0 Å². The van der Waals surface area contributed by atoms with Crippen molar-refractivity contribution in [2.24, 2.45) is 0 Å². The van der Waals surface area contributed by atoms with Crippen LogP contribution in [0, 0.1) is 12.7 Å². The van der Waals surface area contributed by atoms with E-state index in [2.05, 4.69) is 10.3 Å². The monoisotopic (exact) mass is 615 g/mol. The van der Waals surface area contributed by atoms with Crippen LogP contribution in [-0.2, 0) is 29.0 Å². The lowest BCUT2D eigenvalue weighted by Gasteiger charge is -2.31. The van der Waals surface area contributed by atoms with Gasteiger partial charge in [0.05, 0.1) is 23.1 Å². The van der Waals surface area contributed by atoms with Gasteiger partial charge in [-0.15, -0.1) is 0 Å². The Morgan fingerprint density at radius 3 is 2.00 bits per heavy atom. The molecule has 0 spiro atoms. The number of nitrogens with zero attached hydrogens (tertiary/aromatic N) is 2. The van der Waals surface area contributed by atoms with Gasteiger partial charge in [-0.25, -0.2) is 9.37 Å². The molecule has 3 N–H and O–H groups in total. The van der Waals surface area contributed by atoms with Crippen LogP contribution >= 0.6 is 0 Å². The molecule has 1 unspecified atom stereocenters. The second-order valence-corrected chi connectivity index (χ2v) is 10.3. The number of nitrogens with one attached hydrogen (secondary N) is 1. The maximum atomic E-state index is 14.0. The molecule has 0 radical (unpaired) electrons. The Bertz CT molecular complexity index is 1410. The number of aliphatic hydroxyl groups excluding tert-OH is 2. The minimum Gasteiger partial charge on any atom is -0.396 e. The molecule has 1 amide bonds. The highest BCUT2D eigenvalue weighted by Crippen LogP contribution is 2.41. The van der Waals surface area contributed by atoms with Gasteiger partial charge in [-0.2, -0.15) is 26.3 Å².